The van der Waals surface area contributed by atoms with Crippen molar-refractivity contribution in [2.24, 2.45) is 0 Å². The fraction of sp³-hybridized carbons (Fsp3) is 0.714. The Balaban J connectivity index is 1.46. The van der Waals surface area contributed by atoms with Crippen molar-refractivity contribution in [1.82, 2.24) is 19.4 Å². The fourth-order valence-corrected chi connectivity index (χ4v) is 3.17. The molecule has 2 saturated heterocycles. The van der Waals surface area contributed by atoms with Gasteiger partial charge in [0, 0.05) is 44.5 Å². The highest BCUT2D eigenvalue weighted by Crippen LogP contribution is 2.20. The van der Waals surface area contributed by atoms with E-state index in [4.69, 9.17) is 0 Å². The number of carbonyl (C=O) groups excluding carboxylic acids is 1. The van der Waals surface area contributed by atoms with Gasteiger partial charge in [-0.15, -0.1) is 0 Å². The monoisotopic (exact) mass is 262 g/mol. The molecule has 3 heterocycles. The van der Waals surface area contributed by atoms with E-state index in [1.165, 1.54) is 25.9 Å². The van der Waals surface area contributed by atoms with Gasteiger partial charge in [0.2, 0.25) is 5.91 Å². The Morgan fingerprint density at radius 3 is 2.84 bits per heavy atom. The summed E-state index contributed by atoms with van der Waals surface area (Å²) in [4.78, 5) is 20.8. The van der Waals surface area contributed by atoms with Crippen molar-refractivity contribution in [3.8, 4) is 0 Å². The topological polar surface area (TPSA) is 41.4 Å². The maximum absolute atomic E-state index is 12.2. The standard InChI is InChI=1S/C14H22N4O/c19-14(4-8-16-10-5-15-12-16)18-9-3-13(11-18)17-6-1-2-7-17/h5,10,12-13H,1-4,6-9,11H2. The molecule has 0 spiro atoms. The average Bonchev–Trinajstić information content (AvgIpc) is 3.14. The maximum atomic E-state index is 12.2. The van der Waals surface area contributed by atoms with E-state index in [2.05, 4.69) is 9.88 Å². The van der Waals surface area contributed by atoms with E-state index in [1.54, 1.807) is 12.5 Å². The Hall–Kier alpha value is -1.36. The Kier molecular flexibility index (Phi) is 3.82. The van der Waals surface area contributed by atoms with Crippen LogP contribution in [0, 0.1) is 0 Å². The van der Waals surface area contributed by atoms with Gasteiger partial charge in [0.05, 0.1) is 6.33 Å². The molecule has 0 aromatic carbocycles. The van der Waals surface area contributed by atoms with Gasteiger partial charge in [-0.1, -0.05) is 0 Å². The number of aryl methyl sites for hydroxylation is 1. The van der Waals surface area contributed by atoms with E-state index in [1.807, 2.05) is 15.7 Å². The molecule has 104 valence electrons. The molecule has 0 aliphatic carbocycles. The molecule has 19 heavy (non-hydrogen) atoms. The second kappa shape index (κ2) is 5.74. The lowest BCUT2D eigenvalue weighted by atomic mass is 10.2. The van der Waals surface area contributed by atoms with Crippen LogP contribution in [0.3, 0.4) is 0 Å². The summed E-state index contributed by atoms with van der Waals surface area (Å²) >= 11 is 0. The Labute approximate surface area is 114 Å². The summed E-state index contributed by atoms with van der Waals surface area (Å²) in [6, 6.07) is 0.611. The highest BCUT2D eigenvalue weighted by atomic mass is 16.2. The highest BCUT2D eigenvalue weighted by molar-refractivity contribution is 5.76. The van der Waals surface area contributed by atoms with Crippen LogP contribution in [0.2, 0.25) is 0 Å². The SMILES string of the molecule is O=C(CCn1ccnc1)N1CCC(N2CCCC2)C1. The zero-order valence-electron chi connectivity index (χ0n) is 11.4. The third-order valence-corrected chi connectivity index (χ3v) is 4.32. The summed E-state index contributed by atoms with van der Waals surface area (Å²) in [5.41, 5.74) is 0. The van der Waals surface area contributed by atoms with E-state index in [-0.39, 0.29) is 5.91 Å². The number of rotatable bonds is 4. The van der Waals surface area contributed by atoms with Crippen LogP contribution in [0.15, 0.2) is 18.7 Å². The Bertz CT molecular complexity index is 411. The van der Waals surface area contributed by atoms with Gasteiger partial charge in [-0.05, 0) is 32.4 Å². The largest absolute Gasteiger partial charge is 0.341 e. The van der Waals surface area contributed by atoms with Crippen LogP contribution >= 0.6 is 0 Å². The van der Waals surface area contributed by atoms with Crippen LogP contribution in [0.1, 0.15) is 25.7 Å². The van der Waals surface area contributed by atoms with Gasteiger partial charge in [0.15, 0.2) is 0 Å². The normalized spacial score (nSPS) is 24.2. The minimum atomic E-state index is 0.287. The third-order valence-electron chi connectivity index (χ3n) is 4.32. The summed E-state index contributed by atoms with van der Waals surface area (Å²) in [7, 11) is 0. The Morgan fingerprint density at radius 2 is 2.11 bits per heavy atom. The molecule has 1 aromatic rings. The van der Waals surface area contributed by atoms with Crippen LogP contribution < -0.4 is 0 Å². The molecule has 0 radical (unpaired) electrons. The van der Waals surface area contributed by atoms with E-state index in [0.29, 0.717) is 12.5 Å². The zero-order valence-corrected chi connectivity index (χ0v) is 11.4. The number of carbonyl (C=O) groups is 1. The van der Waals surface area contributed by atoms with Gasteiger partial charge >= 0.3 is 0 Å². The quantitative estimate of drug-likeness (QED) is 0.812. The van der Waals surface area contributed by atoms with Crippen LogP contribution in [-0.4, -0.2) is 57.5 Å². The minimum Gasteiger partial charge on any atom is -0.341 e. The summed E-state index contributed by atoms with van der Waals surface area (Å²) < 4.78 is 1.96. The van der Waals surface area contributed by atoms with Crippen molar-refractivity contribution in [2.45, 2.75) is 38.3 Å². The first-order valence-corrected chi connectivity index (χ1v) is 7.30. The number of likely N-dealkylation sites (tertiary alicyclic amines) is 2. The van der Waals surface area contributed by atoms with Gasteiger partial charge in [-0.25, -0.2) is 4.98 Å². The molecule has 0 bridgehead atoms. The molecule has 3 rings (SSSR count). The molecular formula is C14H22N4O. The predicted octanol–water partition coefficient (Wildman–Crippen LogP) is 0.970. The Morgan fingerprint density at radius 1 is 1.26 bits per heavy atom. The number of amides is 1. The molecule has 1 unspecified atom stereocenters. The first-order valence-electron chi connectivity index (χ1n) is 7.30. The number of imidazole rings is 1. The fourth-order valence-electron chi connectivity index (χ4n) is 3.17. The van der Waals surface area contributed by atoms with Crippen LogP contribution in [0.5, 0.6) is 0 Å². The van der Waals surface area contributed by atoms with Gasteiger partial charge < -0.3 is 9.47 Å². The molecule has 2 fully saturated rings. The van der Waals surface area contributed by atoms with Gasteiger partial charge in [-0.3, -0.25) is 9.69 Å². The molecule has 1 amide bonds. The molecule has 2 aliphatic rings. The number of nitrogens with zero attached hydrogens (tertiary/aromatic N) is 4. The predicted molar refractivity (Wildman–Crippen MR) is 72.6 cm³/mol. The molecule has 0 N–H and O–H groups in total. The van der Waals surface area contributed by atoms with Crippen molar-refractivity contribution >= 4 is 5.91 Å². The second-order valence-corrected chi connectivity index (χ2v) is 5.58. The zero-order chi connectivity index (χ0) is 13.1. The first kappa shape index (κ1) is 12.7. The molecule has 2 aliphatic heterocycles. The van der Waals surface area contributed by atoms with Crippen molar-refractivity contribution in [1.29, 1.82) is 0 Å². The third kappa shape index (κ3) is 2.97. The molecule has 1 aromatic heterocycles. The van der Waals surface area contributed by atoms with Crippen LogP contribution in [0.4, 0.5) is 0 Å². The molecule has 1 atom stereocenters. The van der Waals surface area contributed by atoms with Crippen molar-refractivity contribution in [3.63, 3.8) is 0 Å². The summed E-state index contributed by atoms with van der Waals surface area (Å²) in [6.07, 6.45) is 9.81. The van der Waals surface area contributed by atoms with Gasteiger partial charge in [0.25, 0.3) is 0 Å². The molecule has 5 heteroatoms. The number of hydrogen-bond donors (Lipinski definition) is 0. The van der Waals surface area contributed by atoms with Crippen LogP contribution in [-0.2, 0) is 11.3 Å². The smallest absolute Gasteiger partial charge is 0.224 e. The van der Waals surface area contributed by atoms with E-state index in [0.717, 1.165) is 26.1 Å². The average molecular weight is 262 g/mol. The highest BCUT2D eigenvalue weighted by Gasteiger charge is 2.31. The number of hydrogen-bond acceptors (Lipinski definition) is 3. The lowest BCUT2D eigenvalue weighted by Gasteiger charge is -2.23. The summed E-state index contributed by atoms with van der Waals surface area (Å²) in [5, 5.41) is 0. The maximum Gasteiger partial charge on any atom is 0.224 e. The van der Waals surface area contributed by atoms with Gasteiger partial charge in [-0.2, -0.15) is 0 Å². The lowest BCUT2D eigenvalue weighted by molar-refractivity contribution is -0.130. The van der Waals surface area contributed by atoms with Crippen molar-refractivity contribution < 1.29 is 4.79 Å². The van der Waals surface area contributed by atoms with Crippen molar-refractivity contribution in [2.75, 3.05) is 26.2 Å². The summed E-state index contributed by atoms with van der Waals surface area (Å²) in [5.74, 6) is 0.287. The van der Waals surface area contributed by atoms with Crippen molar-refractivity contribution in [3.05, 3.63) is 18.7 Å². The van der Waals surface area contributed by atoms with Crippen LogP contribution in [0.25, 0.3) is 0 Å². The molecule has 5 nitrogen and oxygen atoms in total. The lowest BCUT2D eigenvalue weighted by Crippen LogP contribution is -2.37. The van der Waals surface area contributed by atoms with E-state index < -0.39 is 0 Å². The second-order valence-electron chi connectivity index (χ2n) is 5.58. The van der Waals surface area contributed by atoms with E-state index in [9.17, 15) is 4.79 Å². The minimum absolute atomic E-state index is 0.287. The first-order chi connectivity index (χ1) is 9.33. The number of aromatic nitrogens is 2. The summed E-state index contributed by atoms with van der Waals surface area (Å²) in [6.45, 7) is 5.06. The molecule has 0 saturated carbocycles. The van der Waals surface area contributed by atoms with E-state index >= 15 is 0 Å². The molecular weight excluding hydrogens is 240 g/mol. The van der Waals surface area contributed by atoms with Gasteiger partial charge in [0.1, 0.15) is 0 Å².